The van der Waals surface area contributed by atoms with Crippen molar-refractivity contribution < 1.29 is 5.11 Å². The van der Waals surface area contributed by atoms with Crippen LogP contribution in [-0.4, -0.2) is 37.4 Å². The molecule has 0 saturated carbocycles. The van der Waals surface area contributed by atoms with Gasteiger partial charge in [-0.1, -0.05) is 6.92 Å². The molecule has 3 N–H and O–H groups in total. The fourth-order valence-corrected chi connectivity index (χ4v) is 0.878. The zero-order chi connectivity index (χ0) is 8.53. The predicted octanol–water partition coefficient (Wildman–Crippen LogP) is -0.0436. The third-order valence-electron chi connectivity index (χ3n) is 1.48. The van der Waals surface area contributed by atoms with Crippen molar-refractivity contribution in [3.8, 4) is 0 Å². The molecule has 0 aromatic heterocycles. The van der Waals surface area contributed by atoms with E-state index in [1.807, 2.05) is 0 Å². The van der Waals surface area contributed by atoms with Crippen molar-refractivity contribution in [2.75, 3.05) is 26.2 Å². The Morgan fingerprint density at radius 3 is 2.64 bits per heavy atom. The minimum Gasteiger partial charge on any atom is -0.395 e. The van der Waals surface area contributed by atoms with Crippen LogP contribution in [-0.2, 0) is 0 Å². The van der Waals surface area contributed by atoms with Crippen LogP contribution in [0.5, 0.6) is 0 Å². The van der Waals surface area contributed by atoms with Crippen molar-refractivity contribution in [1.29, 1.82) is 0 Å². The number of hydrogen-bond acceptors (Lipinski definition) is 3. The first-order valence-corrected chi connectivity index (χ1v) is 4.36. The van der Waals surface area contributed by atoms with Crippen LogP contribution in [0.25, 0.3) is 0 Å². The Hall–Kier alpha value is -0.120. The van der Waals surface area contributed by atoms with Gasteiger partial charge in [0.2, 0.25) is 0 Å². The first kappa shape index (κ1) is 10.9. The maximum atomic E-state index is 8.50. The molecule has 0 radical (unpaired) electrons. The van der Waals surface area contributed by atoms with Crippen LogP contribution in [0.4, 0.5) is 0 Å². The lowest BCUT2D eigenvalue weighted by Crippen LogP contribution is -2.37. The summed E-state index contributed by atoms with van der Waals surface area (Å²) in [7, 11) is 0. The van der Waals surface area contributed by atoms with E-state index in [1.54, 1.807) is 0 Å². The van der Waals surface area contributed by atoms with Gasteiger partial charge in [-0.3, -0.25) is 0 Å². The summed E-state index contributed by atoms with van der Waals surface area (Å²) >= 11 is 0. The molecule has 0 rings (SSSR count). The Kier molecular flexibility index (Phi) is 7.89. The van der Waals surface area contributed by atoms with Crippen LogP contribution in [0.1, 0.15) is 20.3 Å². The zero-order valence-electron chi connectivity index (χ0n) is 7.56. The van der Waals surface area contributed by atoms with Crippen molar-refractivity contribution >= 4 is 0 Å². The van der Waals surface area contributed by atoms with Crippen LogP contribution in [0.3, 0.4) is 0 Å². The van der Waals surface area contributed by atoms with Gasteiger partial charge in [0.25, 0.3) is 0 Å². The van der Waals surface area contributed by atoms with Gasteiger partial charge in [0.05, 0.1) is 6.61 Å². The molecule has 0 bridgehead atoms. The van der Waals surface area contributed by atoms with Crippen LogP contribution >= 0.6 is 0 Å². The Bertz CT molecular complexity index is 78.5. The first-order chi connectivity index (χ1) is 5.31. The van der Waals surface area contributed by atoms with Crippen molar-refractivity contribution in [1.82, 2.24) is 10.6 Å². The smallest absolute Gasteiger partial charge is 0.0556 e. The molecule has 0 fully saturated rings. The fourth-order valence-electron chi connectivity index (χ4n) is 0.878. The molecule has 0 saturated heterocycles. The van der Waals surface area contributed by atoms with E-state index >= 15 is 0 Å². The molecule has 0 amide bonds. The molecular weight excluding hydrogens is 140 g/mol. The van der Waals surface area contributed by atoms with E-state index in [2.05, 4.69) is 24.5 Å². The number of aliphatic hydroxyl groups excluding tert-OH is 1. The standard InChI is InChI=1S/C8H20N2O/c1-3-4-9-7-8(2)10-5-6-11/h8-11H,3-7H2,1-2H3. The highest BCUT2D eigenvalue weighted by atomic mass is 16.3. The normalized spacial score (nSPS) is 13.4. The Morgan fingerprint density at radius 2 is 2.09 bits per heavy atom. The first-order valence-electron chi connectivity index (χ1n) is 4.36. The second-order valence-corrected chi connectivity index (χ2v) is 2.78. The maximum absolute atomic E-state index is 8.50. The van der Waals surface area contributed by atoms with Gasteiger partial charge in [0.1, 0.15) is 0 Å². The molecule has 3 nitrogen and oxygen atoms in total. The molecule has 3 heteroatoms. The van der Waals surface area contributed by atoms with Gasteiger partial charge in [-0.15, -0.1) is 0 Å². The predicted molar refractivity (Wildman–Crippen MR) is 47.7 cm³/mol. The average Bonchev–Trinajstić information content (AvgIpc) is 2.01. The minimum absolute atomic E-state index is 0.220. The van der Waals surface area contributed by atoms with Crippen molar-refractivity contribution in [3.63, 3.8) is 0 Å². The molecule has 1 unspecified atom stereocenters. The van der Waals surface area contributed by atoms with Gasteiger partial charge in [-0.2, -0.15) is 0 Å². The van der Waals surface area contributed by atoms with Crippen LogP contribution in [0, 0.1) is 0 Å². The fraction of sp³-hybridized carbons (Fsp3) is 1.00. The van der Waals surface area contributed by atoms with Crippen molar-refractivity contribution in [2.24, 2.45) is 0 Å². The second-order valence-electron chi connectivity index (χ2n) is 2.78. The largest absolute Gasteiger partial charge is 0.395 e. The molecule has 68 valence electrons. The molecule has 11 heavy (non-hydrogen) atoms. The van der Waals surface area contributed by atoms with Gasteiger partial charge < -0.3 is 15.7 Å². The van der Waals surface area contributed by atoms with Gasteiger partial charge in [0, 0.05) is 19.1 Å². The number of rotatable bonds is 7. The molecular formula is C8H20N2O. The van der Waals surface area contributed by atoms with E-state index in [4.69, 9.17) is 5.11 Å². The minimum atomic E-state index is 0.220. The highest BCUT2D eigenvalue weighted by molar-refractivity contribution is 4.62. The van der Waals surface area contributed by atoms with E-state index in [0.717, 1.165) is 13.1 Å². The number of hydrogen-bond donors (Lipinski definition) is 3. The molecule has 0 aliphatic heterocycles. The molecule has 0 aliphatic carbocycles. The SMILES string of the molecule is CCCNCC(C)NCCO. The highest BCUT2D eigenvalue weighted by Gasteiger charge is 1.97. The quantitative estimate of drug-likeness (QED) is 0.458. The molecule has 0 spiro atoms. The van der Waals surface area contributed by atoms with E-state index in [9.17, 15) is 0 Å². The second kappa shape index (κ2) is 7.98. The lowest BCUT2D eigenvalue weighted by Gasteiger charge is -2.12. The van der Waals surface area contributed by atoms with E-state index in [1.165, 1.54) is 6.42 Å². The molecule has 0 aromatic carbocycles. The monoisotopic (exact) mass is 160 g/mol. The lowest BCUT2D eigenvalue weighted by atomic mass is 10.3. The summed E-state index contributed by atoms with van der Waals surface area (Å²) in [6, 6.07) is 0.452. The highest BCUT2D eigenvalue weighted by Crippen LogP contribution is 1.78. The van der Waals surface area contributed by atoms with Crippen molar-refractivity contribution in [3.05, 3.63) is 0 Å². The summed E-state index contributed by atoms with van der Waals surface area (Å²) in [4.78, 5) is 0. The molecule has 0 aliphatic rings. The summed E-state index contributed by atoms with van der Waals surface area (Å²) in [5, 5.41) is 15.0. The maximum Gasteiger partial charge on any atom is 0.0556 e. The number of aliphatic hydroxyl groups is 1. The van der Waals surface area contributed by atoms with Crippen LogP contribution in [0.15, 0.2) is 0 Å². The van der Waals surface area contributed by atoms with Gasteiger partial charge in [0.15, 0.2) is 0 Å². The molecule has 1 atom stereocenters. The van der Waals surface area contributed by atoms with Gasteiger partial charge in [-0.05, 0) is 19.9 Å². The topological polar surface area (TPSA) is 44.3 Å². The molecule has 0 aromatic rings. The van der Waals surface area contributed by atoms with E-state index in [-0.39, 0.29) is 6.61 Å². The third kappa shape index (κ3) is 7.78. The third-order valence-corrected chi connectivity index (χ3v) is 1.48. The van der Waals surface area contributed by atoms with Crippen molar-refractivity contribution in [2.45, 2.75) is 26.3 Å². The average molecular weight is 160 g/mol. The summed E-state index contributed by atoms with van der Waals surface area (Å²) in [6.07, 6.45) is 1.17. The van der Waals surface area contributed by atoms with Gasteiger partial charge in [-0.25, -0.2) is 0 Å². The summed E-state index contributed by atoms with van der Waals surface area (Å²) in [5.41, 5.74) is 0. The Labute approximate surface area is 69.2 Å². The summed E-state index contributed by atoms with van der Waals surface area (Å²) in [6.45, 7) is 7.23. The van der Waals surface area contributed by atoms with Crippen LogP contribution in [0.2, 0.25) is 0 Å². The Balaban J connectivity index is 3.02. The summed E-state index contributed by atoms with van der Waals surface area (Å²) in [5.74, 6) is 0. The number of nitrogens with one attached hydrogen (secondary N) is 2. The molecule has 0 heterocycles. The summed E-state index contributed by atoms with van der Waals surface area (Å²) < 4.78 is 0. The zero-order valence-corrected chi connectivity index (χ0v) is 7.56. The van der Waals surface area contributed by atoms with E-state index in [0.29, 0.717) is 12.6 Å². The van der Waals surface area contributed by atoms with E-state index < -0.39 is 0 Å². The van der Waals surface area contributed by atoms with Crippen LogP contribution < -0.4 is 10.6 Å². The van der Waals surface area contributed by atoms with Gasteiger partial charge >= 0.3 is 0 Å². The Morgan fingerprint density at radius 1 is 1.36 bits per heavy atom. The lowest BCUT2D eigenvalue weighted by molar-refractivity contribution is 0.285.